The van der Waals surface area contributed by atoms with E-state index in [1.807, 2.05) is 35.1 Å². The Bertz CT molecular complexity index is 632. The Morgan fingerprint density at radius 3 is 2.94 bits per heavy atom. The summed E-state index contributed by atoms with van der Waals surface area (Å²) in [6.07, 6.45) is 5.48. The van der Waals surface area contributed by atoms with Gasteiger partial charge in [0.1, 0.15) is 0 Å². The maximum absolute atomic E-state index is 4.36. The minimum Gasteiger partial charge on any atom is -0.255 e. The molecule has 0 saturated carbocycles. The van der Waals surface area contributed by atoms with Crippen molar-refractivity contribution < 1.29 is 0 Å². The zero-order valence-corrected chi connectivity index (χ0v) is 9.92. The predicted octanol–water partition coefficient (Wildman–Crippen LogP) is 3.18. The quantitative estimate of drug-likeness (QED) is 0.682. The Kier molecular flexibility index (Phi) is 2.22. The van der Waals surface area contributed by atoms with Gasteiger partial charge in [0.05, 0.1) is 11.2 Å². The molecule has 78 valence electrons. The summed E-state index contributed by atoms with van der Waals surface area (Å²) >= 11 is 3.41. The molecule has 0 saturated heterocycles. The number of halogens is 1. The first-order chi connectivity index (χ1) is 7.83. The molecular weight excluding hydrogens is 266 g/mol. The summed E-state index contributed by atoms with van der Waals surface area (Å²) in [5.74, 6) is 0. The second-order valence-corrected chi connectivity index (χ2v) is 4.40. The summed E-state index contributed by atoms with van der Waals surface area (Å²) in [5, 5.41) is 5.31. The fourth-order valence-electron chi connectivity index (χ4n) is 1.65. The van der Waals surface area contributed by atoms with Gasteiger partial charge in [-0.1, -0.05) is 6.07 Å². The molecule has 0 bridgehead atoms. The van der Waals surface area contributed by atoms with Crippen LogP contribution in [0.25, 0.3) is 16.6 Å². The van der Waals surface area contributed by atoms with Gasteiger partial charge >= 0.3 is 0 Å². The molecule has 0 fully saturated rings. The predicted molar refractivity (Wildman–Crippen MR) is 66.6 cm³/mol. The molecule has 0 spiro atoms. The van der Waals surface area contributed by atoms with Crippen molar-refractivity contribution in [1.82, 2.24) is 14.8 Å². The van der Waals surface area contributed by atoms with Gasteiger partial charge in [0.25, 0.3) is 0 Å². The van der Waals surface area contributed by atoms with Crippen molar-refractivity contribution in [3.63, 3.8) is 0 Å². The van der Waals surface area contributed by atoms with Crippen LogP contribution in [0.3, 0.4) is 0 Å². The average Bonchev–Trinajstić information content (AvgIpc) is 2.82. The van der Waals surface area contributed by atoms with Crippen LogP contribution >= 0.6 is 15.9 Å². The summed E-state index contributed by atoms with van der Waals surface area (Å²) < 4.78 is 2.82. The Morgan fingerprint density at radius 1 is 1.19 bits per heavy atom. The number of rotatable bonds is 1. The highest BCUT2D eigenvalue weighted by Gasteiger charge is 2.00. The van der Waals surface area contributed by atoms with Crippen molar-refractivity contribution in [1.29, 1.82) is 0 Å². The first kappa shape index (κ1) is 9.54. The molecule has 1 aromatic carbocycles. The number of nitrogens with zero attached hydrogens (tertiary/aromatic N) is 3. The van der Waals surface area contributed by atoms with Gasteiger partial charge < -0.3 is 0 Å². The van der Waals surface area contributed by atoms with Crippen LogP contribution in [0, 0.1) is 0 Å². The van der Waals surface area contributed by atoms with E-state index in [1.54, 1.807) is 12.4 Å². The van der Waals surface area contributed by atoms with Gasteiger partial charge in [-0.3, -0.25) is 4.98 Å². The van der Waals surface area contributed by atoms with Crippen molar-refractivity contribution in [2.24, 2.45) is 0 Å². The third-order valence-corrected chi connectivity index (χ3v) is 2.84. The Labute approximate surface area is 101 Å². The van der Waals surface area contributed by atoms with Crippen LogP contribution < -0.4 is 0 Å². The molecule has 2 heterocycles. The van der Waals surface area contributed by atoms with E-state index in [4.69, 9.17) is 0 Å². The van der Waals surface area contributed by atoms with Gasteiger partial charge in [-0.2, -0.15) is 5.10 Å². The van der Waals surface area contributed by atoms with Crippen molar-refractivity contribution in [2.45, 2.75) is 0 Å². The molecule has 0 unspecified atom stereocenters. The molecule has 0 amide bonds. The van der Waals surface area contributed by atoms with Crippen molar-refractivity contribution in [3.8, 4) is 5.69 Å². The van der Waals surface area contributed by atoms with Crippen LogP contribution in [-0.2, 0) is 0 Å². The van der Waals surface area contributed by atoms with Gasteiger partial charge in [-0.25, -0.2) is 4.68 Å². The average molecular weight is 274 g/mol. The van der Waals surface area contributed by atoms with E-state index in [2.05, 4.69) is 32.1 Å². The molecule has 2 aromatic heterocycles. The van der Waals surface area contributed by atoms with Gasteiger partial charge in [0, 0.05) is 28.4 Å². The second kappa shape index (κ2) is 3.72. The lowest BCUT2D eigenvalue weighted by atomic mass is 10.2. The third-order valence-electron chi connectivity index (χ3n) is 2.40. The number of hydrogen-bond donors (Lipinski definition) is 0. The highest BCUT2D eigenvalue weighted by Crippen LogP contribution is 2.19. The normalized spacial score (nSPS) is 10.8. The highest BCUT2D eigenvalue weighted by molar-refractivity contribution is 9.10. The molecule has 0 aliphatic heterocycles. The zero-order valence-electron chi connectivity index (χ0n) is 8.34. The fourth-order valence-corrected chi connectivity index (χ4v) is 2.00. The largest absolute Gasteiger partial charge is 0.255 e. The highest BCUT2D eigenvalue weighted by atomic mass is 79.9. The fraction of sp³-hybridized carbons (Fsp3) is 0. The third kappa shape index (κ3) is 1.61. The number of pyridine rings is 1. The standard InChI is InChI=1S/C12H8BrN3/c13-10-6-9-2-3-11(7-12(9)14-8-10)16-5-1-4-15-16/h1-8H. The smallest absolute Gasteiger partial charge is 0.0724 e. The van der Waals surface area contributed by atoms with Crippen LogP contribution in [0.5, 0.6) is 0 Å². The lowest BCUT2D eigenvalue weighted by molar-refractivity contribution is 0.881. The molecule has 0 N–H and O–H groups in total. The summed E-state index contributed by atoms with van der Waals surface area (Å²) in [6.45, 7) is 0. The molecule has 0 atom stereocenters. The molecule has 3 rings (SSSR count). The van der Waals surface area contributed by atoms with Crippen LogP contribution in [-0.4, -0.2) is 14.8 Å². The van der Waals surface area contributed by atoms with E-state index in [1.165, 1.54) is 0 Å². The van der Waals surface area contributed by atoms with Crippen LogP contribution in [0.15, 0.2) is 53.4 Å². The van der Waals surface area contributed by atoms with Crippen molar-refractivity contribution in [3.05, 3.63) is 53.4 Å². The summed E-state index contributed by atoms with van der Waals surface area (Å²) in [6, 6.07) is 10.1. The van der Waals surface area contributed by atoms with E-state index < -0.39 is 0 Å². The van der Waals surface area contributed by atoms with E-state index in [0.717, 1.165) is 21.1 Å². The van der Waals surface area contributed by atoms with Crippen LogP contribution in [0.1, 0.15) is 0 Å². The van der Waals surface area contributed by atoms with Gasteiger partial charge in [-0.05, 0) is 40.2 Å². The van der Waals surface area contributed by atoms with Gasteiger partial charge in [0.2, 0.25) is 0 Å². The zero-order chi connectivity index (χ0) is 11.0. The molecule has 16 heavy (non-hydrogen) atoms. The molecule has 0 aliphatic carbocycles. The lowest BCUT2D eigenvalue weighted by Gasteiger charge is -2.03. The second-order valence-electron chi connectivity index (χ2n) is 3.48. The van der Waals surface area contributed by atoms with E-state index in [0.29, 0.717) is 0 Å². The van der Waals surface area contributed by atoms with Crippen molar-refractivity contribution >= 4 is 26.8 Å². The molecular formula is C12H8BrN3. The minimum atomic E-state index is 0.969. The summed E-state index contributed by atoms with van der Waals surface area (Å²) in [5.41, 5.74) is 1.99. The molecule has 3 nitrogen and oxygen atoms in total. The maximum atomic E-state index is 4.36. The number of hydrogen-bond acceptors (Lipinski definition) is 2. The molecule has 3 aromatic rings. The SMILES string of the molecule is Brc1cnc2cc(-n3cccn3)ccc2c1. The minimum absolute atomic E-state index is 0.969. The van der Waals surface area contributed by atoms with E-state index in [9.17, 15) is 0 Å². The van der Waals surface area contributed by atoms with E-state index in [-0.39, 0.29) is 0 Å². The van der Waals surface area contributed by atoms with Gasteiger partial charge in [-0.15, -0.1) is 0 Å². The number of aromatic nitrogens is 3. The number of fused-ring (bicyclic) bond motifs is 1. The van der Waals surface area contributed by atoms with Gasteiger partial charge in [0.15, 0.2) is 0 Å². The lowest BCUT2D eigenvalue weighted by Crippen LogP contribution is -1.94. The summed E-state index contributed by atoms with van der Waals surface area (Å²) in [4.78, 5) is 4.36. The van der Waals surface area contributed by atoms with Crippen LogP contribution in [0.2, 0.25) is 0 Å². The monoisotopic (exact) mass is 273 g/mol. The molecule has 0 aliphatic rings. The summed E-state index contributed by atoms with van der Waals surface area (Å²) in [7, 11) is 0. The first-order valence-electron chi connectivity index (χ1n) is 4.88. The van der Waals surface area contributed by atoms with Crippen molar-refractivity contribution in [2.75, 3.05) is 0 Å². The Morgan fingerprint density at radius 2 is 2.12 bits per heavy atom. The Hall–Kier alpha value is -1.68. The maximum Gasteiger partial charge on any atom is 0.0724 e. The Balaban J connectivity index is 2.20. The number of benzene rings is 1. The topological polar surface area (TPSA) is 30.7 Å². The first-order valence-corrected chi connectivity index (χ1v) is 5.67. The molecule has 0 radical (unpaired) electrons. The van der Waals surface area contributed by atoms with E-state index >= 15 is 0 Å². The van der Waals surface area contributed by atoms with Crippen LogP contribution in [0.4, 0.5) is 0 Å². The molecule has 4 heteroatoms.